The molecule has 3 aliphatic heterocycles. The molecule has 11 heteroatoms. The van der Waals surface area contributed by atoms with E-state index >= 15 is 0 Å². The van der Waals surface area contributed by atoms with Crippen LogP contribution in [-0.4, -0.2) is 36.3 Å². The summed E-state index contributed by atoms with van der Waals surface area (Å²) >= 11 is 6.89. The van der Waals surface area contributed by atoms with Gasteiger partial charge in [-0.15, -0.1) is 0 Å². The first kappa shape index (κ1) is 35.9. The fraction of sp³-hybridized carbons (Fsp3) is 0.317. The van der Waals surface area contributed by atoms with Crippen molar-refractivity contribution in [3.8, 4) is 11.5 Å². The van der Waals surface area contributed by atoms with Gasteiger partial charge in [0.25, 0.3) is 5.91 Å². The number of nitrogens with two attached hydrogens (primary N) is 1. The molecule has 0 saturated carbocycles. The molecule has 5 atom stereocenters. The van der Waals surface area contributed by atoms with Gasteiger partial charge in [-0.25, -0.2) is 4.79 Å². The van der Waals surface area contributed by atoms with Crippen molar-refractivity contribution in [3.05, 3.63) is 127 Å². The van der Waals surface area contributed by atoms with Crippen molar-refractivity contribution < 1.29 is 28.7 Å². The summed E-state index contributed by atoms with van der Waals surface area (Å²) in [6.45, 7) is 0. The van der Waals surface area contributed by atoms with Crippen LogP contribution in [0.2, 0.25) is 0 Å². The van der Waals surface area contributed by atoms with Crippen molar-refractivity contribution in [2.75, 3.05) is 0 Å². The standard InChI is InChI=1S/C21H19BrN2O3.C19H17BrO2.CH3NO/c22-13-8-9-17-16(10-13)21(19(25)23-20(26)24-21)11-18(27-17)15-7-3-5-12-4-1-2-6-14(12)15;20-13-8-9-18-16(10-13)17(21)11-19(22-18)15-7-3-5-12-4-1-2-6-14(12)15;2-1-3/h1-2,4,6,8-10,15,18H,3,5,7,11H2,(H2,23,24,25,26);1-2,4,6,8-10,15,19H,3,5,7,11H2;1H,(H2,2,3). The van der Waals surface area contributed by atoms with E-state index in [0.717, 1.165) is 46.8 Å². The number of rotatable bonds is 2. The maximum absolute atomic E-state index is 12.8. The molecule has 3 heterocycles. The molecule has 2 aliphatic carbocycles. The van der Waals surface area contributed by atoms with E-state index in [1.165, 1.54) is 28.7 Å². The largest absolute Gasteiger partial charge is 0.489 e. The molecule has 1 saturated heterocycles. The molecule has 9 rings (SSSR count). The Kier molecular flexibility index (Phi) is 10.5. The molecule has 0 radical (unpaired) electrons. The van der Waals surface area contributed by atoms with Gasteiger partial charge in [0.15, 0.2) is 11.3 Å². The van der Waals surface area contributed by atoms with Crippen molar-refractivity contribution in [1.29, 1.82) is 0 Å². The second kappa shape index (κ2) is 15.2. The number of Topliss-reactive ketones (excluding diaryl/α,β-unsaturated/α-hetero) is 1. The number of benzene rings is 4. The Labute approximate surface area is 319 Å². The third-order valence-corrected chi connectivity index (χ3v) is 11.8. The number of nitrogens with one attached hydrogen (secondary N) is 2. The normalized spacial score (nSPS) is 25.1. The highest BCUT2D eigenvalue weighted by Crippen LogP contribution is 2.48. The van der Waals surface area contributed by atoms with Gasteiger partial charge in [0, 0.05) is 39.2 Å². The second-order valence-electron chi connectivity index (χ2n) is 13.8. The van der Waals surface area contributed by atoms with Crippen LogP contribution in [0.1, 0.15) is 88.5 Å². The Hall–Kier alpha value is -4.48. The molecule has 52 heavy (non-hydrogen) atoms. The molecule has 4 N–H and O–H groups in total. The lowest BCUT2D eigenvalue weighted by molar-refractivity contribution is -0.126. The molecule has 268 valence electrons. The van der Waals surface area contributed by atoms with E-state index in [2.05, 4.69) is 96.8 Å². The number of primary amides is 1. The number of hydrogen-bond donors (Lipinski definition) is 3. The number of imide groups is 1. The van der Waals surface area contributed by atoms with Gasteiger partial charge in [0.1, 0.15) is 23.7 Å². The number of halogens is 2. The highest BCUT2D eigenvalue weighted by molar-refractivity contribution is 9.10. The number of hydrogen-bond acceptors (Lipinski definition) is 6. The van der Waals surface area contributed by atoms with Gasteiger partial charge in [-0.05, 0) is 97.2 Å². The Morgan fingerprint density at radius 1 is 0.750 bits per heavy atom. The predicted octanol–water partition coefficient (Wildman–Crippen LogP) is 7.76. The lowest BCUT2D eigenvalue weighted by atomic mass is 9.73. The summed E-state index contributed by atoms with van der Waals surface area (Å²) in [7, 11) is 0. The third kappa shape index (κ3) is 7.00. The molecule has 4 aromatic carbocycles. The predicted molar refractivity (Wildman–Crippen MR) is 204 cm³/mol. The smallest absolute Gasteiger partial charge is 0.322 e. The Bertz CT molecular complexity index is 2040. The lowest BCUT2D eigenvalue weighted by Gasteiger charge is -2.42. The number of carbonyl (C=O) groups is 4. The van der Waals surface area contributed by atoms with Crippen LogP contribution in [0.15, 0.2) is 93.9 Å². The monoisotopic (exact) mass is 827 g/mol. The molecule has 4 amide bonds. The van der Waals surface area contributed by atoms with Crippen LogP contribution in [-0.2, 0) is 28.0 Å². The minimum Gasteiger partial charge on any atom is -0.489 e. The second-order valence-corrected chi connectivity index (χ2v) is 15.6. The number of carbonyl (C=O) groups excluding carboxylic acids is 4. The van der Waals surface area contributed by atoms with E-state index in [-0.39, 0.29) is 36.2 Å². The molecular weight excluding hydrogens is 790 g/mol. The third-order valence-electron chi connectivity index (χ3n) is 10.8. The number of aryl methyl sites for hydroxylation is 2. The number of fused-ring (bicyclic) bond motifs is 5. The van der Waals surface area contributed by atoms with Crippen molar-refractivity contribution in [1.82, 2.24) is 10.6 Å². The van der Waals surface area contributed by atoms with Crippen molar-refractivity contribution >= 4 is 56.0 Å². The number of urea groups is 1. The minimum absolute atomic E-state index is 0.0392. The molecule has 4 aromatic rings. The zero-order valence-electron chi connectivity index (χ0n) is 28.4. The summed E-state index contributed by atoms with van der Waals surface area (Å²) in [6.07, 6.45) is 7.52. The van der Waals surface area contributed by atoms with Gasteiger partial charge in [0.2, 0.25) is 6.41 Å². The Balaban J connectivity index is 0.000000153. The van der Waals surface area contributed by atoms with Crippen molar-refractivity contribution in [2.45, 2.75) is 80.9 Å². The maximum atomic E-state index is 12.8. The molecule has 9 nitrogen and oxygen atoms in total. The van der Waals surface area contributed by atoms with Gasteiger partial charge in [-0.3, -0.25) is 19.7 Å². The topological polar surface area (TPSA) is 137 Å². The van der Waals surface area contributed by atoms with E-state index in [9.17, 15) is 14.4 Å². The van der Waals surface area contributed by atoms with Crippen LogP contribution in [0.5, 0.6) is 11.5 Å². The van der Waals surface area contributed by atoms with Crippen LogP contribution in [0.25, 0.3) is 0 Å². The highest BCUT2D eigenvalue weighted by Gasteiger charge is 2.54. The SMILES string of the molecule is NC=O.O=C1CC(C2CCCc3ccccc32)Oc2ccc(Br)cc21.O=C1NC(=O)C2(CC(C3CCCc4ccccc43)Oc3ccc(Br)cc32)N1. The van der Waals surface area contributed by atoms with E-state index < -0.39 is 11.6 Å². The molecule has 0 aromatic heterocycles. The van der Waals surface area contributed by atoms with Gasteiger partial charge in [-0.2, -0.15) is 0 Å². The zero-order chi connectivity index (χ0) is 36.4. The Morgan fingerprint density at radius 2 is 1.31 bits per heavy atom. The average molecular weight is 830 g/mol. The van der Waals surface area contributed by atoms with Gasteiger partial charge >= 0.3 is 6.03 Å². The van der Waals surface area contributed by atoms with Crippen molar-refractivity contribution in [3.63, 3.8) is 0 Å². The molecule has 1 fully saturated rings. The maximum Gasteiger partial charge on any atom is 0.322 e. The fourth-order valence-electron chi connectivity index (χ4n) is 8.50. The molecule has 1 spiro atoms. The molecule has 0 bridgehead atoms. The van der Waals surface area contributed by atoms with E-state index in [1.807, 2.05) is 36.4 Å². The van der Waals surface area contributed by atoms with Crippen LogP contribution >= 0.6 is 31.9 Å². The first-order chi connectivity index (χ1) is 25.2. The summed E-state index contributed by atoms with van der Waals surface area (Å²) in [5, 5.41) is 5.32. The van der Waals surface area contributed by atoms with Crippen molar-refractivity contribution in [2.24, 2.45) is 5.73 Å². The number of amides is 4. The summed E-state index contributed by atoms with van der Waals surface area (Å²) in [4.78, 5) is 45.9. The summed E-state index contributed by atoms with van der Waals surface area (Å²) < 4.78 is 14.4. The minimum atomic E-state index is -1.08. The van der Waals surface area contributed by atoms with Gasteiger partial charge < -0.3 is 20.5 Å². The first-order valence-corrected chi connectivity index (χ1v) is 19.2. The van der Waals surface area contributed by atoms with E-state index in [1.54, 1.807) is 0 Å². The summed E-state index contributed by atoms with van der Waals surface area (Å²) in [6, 6.07) is 28.0. The molecule has 5 aliphatic rings. The van der Waals surface area contributed by atoms with Gasteiger partial charge in [0.05, 0.1) is 5.56 Å². The van der Waals surface area contributed by atoms with Crippen LogP contribution < -0.4 is 25.8 Å². The summed E-state index contributed by atoms with van der Waals surface area (Å²) in [5.41, 5.74) is 9.94. The molecular formula is C41H39Br2N3O6. The van der Waals surface area contributed by atoms with E-state index in [0.29, 0.717) is 35.6 Å². The zero-order valence-corrected chi connectivity index (χ0v) is 31.6. The fourth-order valence-corrected chi connectivity index (χ4v) is 9.23. The van der Waals surface area contributed by atoms with Gasteiger partial charge in [-0.1, -0.05) is 80.4 Å². The van der Waals surface area contributed by atoms with Crippen LogP contribution in [0, 0.1) is 0 Å². The summed E-state index contributed by atoms with van der Waals surface area (Å²) in [5.74, 6) is 1.81. The Morgan fingerprint density at radius 3 is 1.92 bits per heavy atom. The molecule has 5 unspecified atom stereocenters. The number of ether oxygens (including phenoxy) is 2. The van der Waals surface area contributed by atoms with E-state index in [4.69, 9.17) is 14.3 Å². The lowest BCUT2D eigenvalue weighted by Crippen LogP contribution is -2.51. The highest BCUT2D eigenvalue weighted by atomic mass is 79.9. The number of ketones is 1. The first-order valence-electron chi connectivity index (χ1n) is 17.6. The van der Waals surface area contributed by atoms with Crippen LogP contribution in [0.3, 0.4) is 0 Å². The quantitative estimate of drug-likeness (QED) is 0.140. The average Bonchev–Trinajstić information content (AvgIpc) is 3.44. The van der Waals surface area contributed by atoms with Crippen LogP contribution in [0.4, 0.5) is 4.79 Å².